The van der Waals surface area contributed by atoms with E-state index in [0.29, 0.717) is 5.92 Å². The molecule has 0 radical (unpaired) electrons. The van der Waals surface area contributed by atoms with Crippen molar-refractivity contribution in [2.24, 2.45) is 5.92 Å². The summed E-state index contributed by atoms with van der Waals surface area (Å²) in [5, 5.41) is 6.36. The molecule has 2 saturated heterocycles. The molecule has 2 aliphatic heterocycles. The number of nitrogens with zero attached hydrogens (tertiary/aromatic N) is 1. The molecule has 1 aromatic carbocycles. The Hall–Kier alpha value is -1.39. The summed E-state index contributed by atoms with van der Waals surface area (Å²) in [4.78, 5) is 14.6. The summed E-state index contributed by atoms with van der Waals surface area (Å²) in [5.74, 6) is 0.841. The number of carbonyl (C=O) groups excluding carboxylic acids is 1. The van der Waals surface area contributed by atoms with Gasteiger partial charge >= 0.3 is 0 Å². The lowest BCUT2D eigenvalue weighted by atomic mass is 10.0. The molecule has 2 aliphatic rings. The number of hydrogen-bond donors (Lipinski definition) is 2. The Morgan fingerprint density at radius 1 is 1.30 bits per heavy atom. The summed E-state index contributed by atoms with van der Waals surface area (Å²) >= 11 is 0. The molecular formula is C16H23N3O. The quantitative estimate of drug-likeness (QED) is 0.841. The van der Waals surface area contributed by atoms with E-state index >= 15 is 0 Å². The summed E-state index contributed by atoms with van der Waals surface area (Å²) < 4.78 is 0. The number of nitrogens with one attached hydrogen (secondary N) is 2. The molecular weight excluding hydrogens is 250 g/mol. The van der Waals surface area contributed by atoms with Crippen LogP contribution in [0.5, 0.6) is 0 Å². The number of hydrogen-bond acceptors (Lipinski definition) is 3. The molecule has 108 valence electrons. The van der Waals surface area contributed by atoms with E-state index in [9.17, 15) is 4.79 Å². The van der Waals surface area contributed by atoms with Crippen LogP contribution in [0.1, 0.15) is 18.4 Å². The molecule has 0 aromatic heterocycles. The van der Waals surface area contributed by atoms with Crippen LogP contribution in [0.3, 0.4) is 0 Å². The molecule has 1 amide bonds. The zero-order valence-corrected chi connectivity index (χ0v) is 11.8. The zero-order chi connectivity index (χ0) is 13.8. The van der Waals surface area contributed by atoms with Crippen LogP contribution in [0.15, 0.2) is 30.3 Å². The maximum absolute atomic E-state index is 12.3. The normalized spacial score (nSPS) is 23.5. The molecule has 4 nitrogen and oxygen atoms in total. The van der Waals surface area contributed by atoms with Gasteiger partial charge in [0.1, 0.15) is 0 Å². The average Bonchev–Trinajstić information content (AvgIpc) is 2.86. The van der Waals surface area contributed by atoms with Crippen molar-refractivity contribution in [2.45, 2.75) is 25.4 Å². The summed E-state index contributed by atoms with van der Waals surface area (Å²) in [7, 11) is 0. The largest absolute Gasteiger partial charge is 0.354 e. The van der Waals surface area contributed by atoms with Crippen molar-refractivity contribution in [2.75, 3.05) is 26.2 Å². The third-order valence-electron chi connectivity index (χ3n) is 4.33. The molecule has 20 heavy (non-hydrogen) atoms. The first-order valence-corrected chi connectivity index (χ1v) is 7.59. The smallest absolute Gasteiger partial charge is 0.237 e. The predicted octanol–water partition coefficient (Wildman–Crippen LogP) is 0.987. The summed E-state index contributed by atoms with van der Waals surface area (Å²) in [5.41, 5.74) is 1.29. The highest BCUT2D eigenvalue weighted by Gasteiger charge is 2.31. The van der Waals surface area contributed by atoms with Crippen molar-refractivity contribution < 1.29 is 4.79 Å². The highest BCUT2D eigenvalue weighted by atomic mass is 16.2. The van der Waals surface area contributed by atoms with Gasteiger partial charge in [-0.1, -0.05) is 30.3 Å². The Kier molecular flexibility index (Phi) is 4.33. The minimum Gasteiger partial charge on any atom is -0.354 e. The first-order valence-electron chi connectivity index (χ1n) is 7.59. The minimum atomic E-state index is 0.0586. The standard InChI is InChI=1S/C16H23N3O/c20-16(18-11-14-9-17-10-14)15-7-4-8-19(15)12-13-5-2-1-3-6-13/h1-3,5-6,14-15,17H,4,7-12H2,(H,18,20). The fourth-order valence-corrected chi connectivity index (χ4v) is 2.99. The van der Waals surface area contributed by atoms with E-state index in [4.69, 9.17) is 0 Å². The van der Waals surface area contributed by atoms with Crippen LogP contribution in [-0.2, 0) is 11.3 Å². The van der Waals surface area contributed by atoms with Crippen molar-refractivity contribution in [1.82, 2.24) is 15.5 Å². The van der Waals surface area contributed by atoms with Gasteiger partial charge in [-0.05, 0) is 24.9 Å². The fraction of sp³-hybridized carbons (Fsp3) is 0.562. The van der Waals surface area contributed by atoms with E-state index < -0.39 is 0 Å². The average molecular weight is 273 g/mol. The second-order valence-electron chi connectivity index (χ2n) is 5.88. The molecule has 2 heterocycles. The van der Waals surface area contributed by atoms with Crippen LogP contribution in [-0.4, -0.2) is 43.0 Å². The molecule has 4 heteroatoms. The Morgan fingerprint density at radius 2 is 2.10 bits per heavy atom. The second-order valence-corrected chi connectivity index (χ2v) is 5.88. The van der Waals surface area contributed by atoms with Gasteiger partial charge in [-0.3, -0.25) is 9.69 Å². The third-order valence-corrected chi connectivity index (χ3v) is 4.33. The van der Waals surface area contributed by atoms with Gasteiger partial charge in [-0.15, -0.1) is 0 Å². The van der Waals surface area contributed by atoms with E-state index in [-0.39, 0.29) is 11.9 Å². The molecule has 0 aliphatic carbocycles. The number of carbonyl (C=O) groups is 1. The molecule has 1 unspecified atom stereocenters. The lowest BCUT2D eigenvalue weighted by Gasteiger charge is -2.29. The molecule has 2 N–H and O–H groups in total. The topological polar surface area (TPSA) is 44.4 Å². The SMILES string of the molecule is O=C(NCC1CNC1)C1CCCN1Cc1ccccc1. The number of rotatable bonds is 5. The predicted molar refractivity (Wildman–Crippen MR) is 79.2 cm³/mol. The minimum absolute atomic E-state index is 0.0586. The monoisotopic (exact) mass is 273 g/mol. The van der Waals surface area contributed by atoms with Crippen LogP contribution in [0.4, 0.5) is 0 Å². The molecule has 1 atom stereocenters. The lowest BCUT2D eigenvalue weighted by molar-refractivity contribution is -0.125. The van der Waals surface area contributed by atoms with E-state index in [1.165, 1.54) is 5.56 Å². The maximum Gasteiger partial charge on any atom is 0.237 e. The van der Waals surface area contributed by atoms with Gasteiger partial charge < -0.3 is 10.6 Å². The summed E-state index contributed by atoms with van der Waals surface area (Å²) in [6.45, 7) is 4.81. The van der Waals surface area contributed by atoms with Crippen LogP contribution >= 0.6 is 0 Å². The van der Waals surface area contributed by atoms with Crippen LogP contribution in [0.25, 0.3) is 0 Å². The Morgan fingerprint density at radius 3 is 2.80 bits per heavy atom. The molecule has 1 aromatic rings. The van der Waals surface area contributed by atoms with Crippen LogP contribution < -0.4 is 10.6 Å². The van der Waals surface area contributed by atoms with Gasteiger partial charge in [-0.2, -0.15) is 0 Å². The Bertz CT molecular complexity index is 444. The number of likely N-dealkylation sites (tertiary alicyclic amines) is 1. The van der Waals surface area contributed by atoms with Crippen molar-refractivity contribution in [3.8, 4) is 0 Å². The van der Waals surface area contributed by atoms with E-state index in [1.807, 2.05) is 6.07 Å². The van der Waals surface area contributed by atoms with Gasteiger partial charge in [0.15, 0.2) is 0 Å². The number of amides is 1. The van der Waals surface area contributed by atoms with Crippen molar-refractivity contribution in [3.05, 3.63) is 35.9 Å². The summed E-state index contributed by atoms with van der Waals surface area (Å²) in [6, 6.07) is 10.5. The molecule has 0 spiro atoms. The van der Waals surface area contributed by atoms with Crippen LogP contribution in [0.2, 0.25) is 0 Å². The van der Waals surface area contributed by atoms with Crippen LogP contribution in [0, 0.1) is 5.92 Å². The van der Waals surface area contributed by atoms with E-state index in [2.05, 4.69) is 39.8 Å². The third kappa shape index (κ3) is 3.19. The van der Waals surface area contributed by atoms with Gasteiger partial charge in [0.05, 0.1) is 6.04 Å². The second kappa shape index (κ2) is 6.37. The Balaban J connectivity index is 1.53. The zero-order valence-electron chi connectivity index (χ0n) is 11.8. The van der Waals surface area contributed by atoms with E-state index in [0.717, 1.165) is 45.6 Å². The first kappa shape index (κ1) is 13.6. The van der Waals surface area contributed by atoms with Crippen molar-refractivity contribution in [3.63, 3.8) is 0 Å². The number of benzene rings is 1. The molecule has 2 fully saturated rings. The molecule has 0 saturated carbocycles. The maximum atomic E-state index is 12.3. The van der Waals surface area contributed by atoms with E-state index in [1.54, 1.807) is 0 Å². The van der Waals surface area contributed by atoms with Gasteiger partial charge in [0.2, 0.25) is 5.91 Å². The first-order chi connectivity index (χ1) is 9.83. The lowest BCUT2D eigenvalue weighted by Crippen LogP contribution is -2.51. The van der Waals surface area contributed by atoms with Crippen molar-refractivity contribution >= 4 is 5.91 Å². The summed E-state index contributed by atoms with van der Waals surface area (Å²) in [6.07, 6.45) is 2.11. The highest BCUT2D eigenvalue weighted by Crippen LogP contribution is 2.20. The Labute approximate surface area is 120 Å². The highest BCUT2D eigenvalue weighted by molar-refractivity contribution is 5.82. The molecule has 0 bridgehead atoms. The van der Waals surface area contributed by atoms with Crippen molar-refractivity contribution in [1.29, 1.82) is 0 Å². The van der Waals surface area contributed by atoms with Gasteiger partial charge in [0, 0.05) is 32.1 Å². The van der Waals surface area contributed by atoms with Gasteiger partial charge in [0.25, 0.3) is 0 Å². The van der Waals surface area contributed by atoms with Gasteiger partial charge in [-0.25, -0.2) is 0 Å². The fourth-order valence-electron chi connectivity index (χ4n) is 2.99. The molecule has 3 rings (SSSR count).